The summed E-state index contributed by atoms with van der Waals surface area (Å²) in [5.74, 6) is -0.641. The van der Waals surface area contributed by atoms with Crippen LogP contribution >= 0.6 is 11.3 Å². The first-order valence-electron chi connectivity index (χ1n) is 9.30. The van der Waals surface area contributed by atoms with Crippen LogP contribution in [0.3, 0.4) is 0 Å². The Morgan fingerprint density at radius 1 is 1.12 bits per heavy atom. The van der Waals surface area contributed by atoms with Crippen LogP contribution in [0.2, 0.25) is 0 Å². The molecule has 12 heteroatoms. The maximum Gasteiger partial charge on any atom is 0.286 e. The number of carbonyl (C=O) groups excluding carboxylic acids is 2. The normalized spacial score (nSPS) is 10.6. The zero-order chi connectivity index (χ0) is 23.3. The molecular weight excluding hydrogens is 440 g/mol. The van der Waals surface area contributed by atoms with Gasteiger partial charge in [0.2, 0.25) is 5.91 Å². The number of anilines is 2. The molecule has 0 spiro atoms. The molecule has 0 aliphatic heterocycles. The lowest BCUT2D eigenvalue weighted by Gasteiger charge is -2.12. The van der Waals surface area contributed by atoms with Crippen molar-refractivity contribution in [3.63, 3.8) is 0 Å². The van der Waals surface area contributed by atoms with E-state index >= 15 is 0 Å². The quantitative estimate of drug-likeness (QED) is 0.281. The number of amides is 2. The van der Waals surface area contributed by atoms with Crippen LogP contribution in [0.1, 0.15) is 17.3 Å². The minimum atomic E-state index is -0.723. The molecule has 0 aliphatic rings. The number of nitrogens with zero attached hydrogens (tertiary/aromatic N) is 2. The fraction of sp³-hybridized carbons (Fsp3) is 0.250. The first-order chi connectivity index (χ1) is 15.3. The maximum absolute atomic E-state index is 12.8. The van der Waals surface area contributed by atoms with Gasteiger partial charge in [-0.25, -0.2) is 4.98 Å². The van der Waals surface area contributed by atoms with Gasteiger partial charge in [-0.15, -0.1) is 0 Å². The lowest BCUT2D eigenvalue weighted by atomic mass is 10.1. The molecule has 0 saturated heterocycles. The molecule has 2 amide bonds. The summed E-state index contributed by atoms with van der Waals surface area (Å²) in [6.45, 7) is 1.83. The zero-order valence-electron chi connectivity index (χ0n) is 17.5. The predicted octanol–water partition coefficient (Wildman–Crippen LogP) is 3.45. The van der Waals surface area contributed by atoms with Crippen LogP contribution in [0.5, 0.6) is 11.5 Å². The van der Waals surface area contributed by atoms with Crippen LogP contribution < -0.4 is 20.1 Å². The van der Waals surface area contributed by atoms with Crippen molar-refractivity contribution in [2.24, 2.45) is 0 Å². The Hall–Kier alpha value is -3.77. The Bertz CT molecular complexity index is 1180. The highest BCUT2D eigenvalue weighted by Crippen LogP contribution is 2.36. The van der Waals surface area contributed by atoms with Gasteiger partial charge in [0.05, 0.1) is 34.9 Å². The summed E-state index contributed by atoms with van der Waals surface area (Å²) in [4.78, 5) is 39.3. The van der Waals surface area contributed by atoms with Gasteiger partial charge in [-0.2, -0.15) is 0 Å². The molecule has 0 atom stereocenters. The van der Waals surface area contributed by atoms with Gasteiger partial charge in [-0.3, -0.25) is 25.0 Å². The van der Waals surface area contributed by atoms with Crippen LogP contribution in [0, 0.1) is 10.1 Å². The van der Waals surface area contributed by atoms with Crippen LogP contribution in [0.4, 0.5) is 16.5 Å². The maximum atomic E-state index is 12.8. The van der Waals surface area contributed by atoms with Gasteiger partial charge in [0.15, 0.2) is 16.6 Å². The van der Waals surface area contributed by atoms with Crippen molar-refractivity contribution < 1.29 is 28.7 Å². The van der Waals surface area contributed by atoms with Gasteiger partial charge in [-0.05, 0) is 18.2 Å². The third-order valence-electron chi connectivity index (χ3n) is 4.20. The van der Waals surface area contributed by atoms with Crippen molar-refractivity contribution in [1.29, 1.82) is 0 Å². The molecule has 0 radical (unpaired) electrons. The second-order valence-corrected chi connectivity index (χ2v) is 7.49. The van der Waals surface area contributed by atoms with Gasteiger partial charge < -0.3 is 19.5 Å². The molecule has 11 nitrogen and oxygen atoms in total. The minimum absolute atomic E-state index is 0.123. The smallest absolute Gasteiger partial charge is 0.286 e. The lowest BCUT2D eigenvalue weighted by molar-refractivity contribution is -0.385. The number of nitro benzene ring substituents is 1. The van der Waals surface area contributed by atoms with Gasteiger partial charge >= 0.3 is 0 Å². The molecule has 1 heterocycles. The first-order valence-corrected chi connectivity index (χ1v) is 10.1. The average Bonchev–Trinajstić information content (AvgIpc) is 3.14. The number of ether oxygens (including phenoxy) is 3. The largest absolute Gasteiger partial charge is 0.493 e. The fourth-order valence-corrected chi connectivity index (χ4v) is 3.71. The Balaban J connectivity index is 1.89. The number of hydrogen-bond donors (Lipinski definition) is 2. The number of nitrogens with one attached hydrogen (secondary N) is 2. The van der Waals surface area contributed by atoms with Gasteiger partial charge in [0.1, 0.15) is 12.2 Å². The van der Waals surface area contributed by atoms with E-state index in [1.807, 2.05) is 0 Å². The molecule has 3 aromatic rings. The highest BCUT2D eigenvalue weighted by molar-refractivity contribution is 7.22. The van der Waals surface area contributed by atoms with E-state index in [4.69, 9.17) is 14.2 Å². The highest BCUT2D eigenvalue weighted by Gasteiger charge is 2.25. The molecule has 3 rings (SSSR count). The van der Waals surface area contributed by atoms with Crippen molar-refractivity contribution in [3.8, 4) is 11.5 Å². The van der Waals surface area contributed by atoms with E-state index in [2.05, 4.69) is 15.6 Å². The van der Waals surface area contributed by atoms with Crippen LogP contribution in [0.25, 0.3) is 10.2 Å². The molecule has 0 unspecified atom stereocenters. The summed E-state index contributed by atoms with van der Waals surface area (Å²) >= 11 is 1.17. The van der Waals surface area contributed by atoms with Crippen molar-refractivity contribution in [1.82, 2.24) is 4.98 Å². The van der Waals surface area contributed by atoms with Crippen molar-refractivity contribution in [3.05, 3.63) is 46.0 Å². The number of rotatable bonds is 9. The molecular formula is C20H20N4O7S. The van der Waals surface area contributed by atoms with E-state index in [1.54, 1.807) is 18.2 Å². The predicted molar refractivity (Wildman–Crippen MR) is 119 cm³/mol. The van der Waals surface area contributed by atoms with E-state index < -0.39 is 16.5 Å². The summed E-state index contributed by atoms with van der Waals surface area (Å²) in [5, 5.41) is 17.1. The third kappa shape index (κ3) is 5.28. The zero-order valence-corrected chi connectivity index (χ0v) is 18.3. The molecule has 0 aliphatic carbocycles. The number of fused-ring (bicyclic) bond motifs is 1. The molecule has 2 aromatic carbocycles. The molecule has 168 valence electrons. The summed E-state index contributed by atoms with van der Waals surface area (Å²) in [5.41, 5.74) is 0.554. The Labute approximate surface area is 186 Å². The molecule has 1 aromatic heterocycles. The number of methoxy groups -OCH3 is 2. The summed E-state index contributed by atoms with van der Waals surface area (Å²) < 4.78 is 16.3. The molecule has 2 N–H and O–H groups in total. The second-order valence-electron chi connectivity index (χ2n) is 6.46. The topological polar surface area (TPSA) is 142 Å². The van der Waals surface area contributed by atoms with Gasteiger partial charge in [0, 0.05) is 25.8 Å². The Morgan fingerprint density at radius 2 is 1.91 bits per heavy atom. The minimum Gasteiger partial charge on any atom is -0.493 e. The van der Waals surface area contributed by atoms with E-state index in [-0.39, 0.29) is 41.3 Å². The number of carbonyl (C=O) groups is 2. The number of nitro groups is 1. The van der Waals surface area contributed by atoms with Crippen molar-refractivity contribution in [2.75, 3.05) is 38.1 Å². The molecule has 32 heavy (non-hydrogen) atoms. The lowest BCUT2D eigenvalue weighted by Crippen LogP contribution is -2.15. The standard InChI is InChI=1S/C20H20N4O7S/c1-11(25)21-12-4-5-14-18(8-12)32-20(22-14)23-19(26)13-9-16(30-3)17(31-7-6-29-2)10-15(13)24(27)28/h4-5,8-10H,6-7H2,1-3H3,(H,21,25)(H,22,23,26). The van der Waals surface area contributed by atoms with E-state index in [1.165, 1.54) is 38.5 Å². The van der Waals surface area contributed by atoms with Gasteiger partial charge in [0.25, 0.3) is 11.6 Å². The van der Waals surface area contributed by atoms with Crippen molar-refractivity contribution in [2.45, 2.75) is 6.92 Å². The second kappa shape index (κ2) is 10.0. The SMILES string of the molecule is COCCOc1cc([N+](=O)[O-])c(C(=O)Nc2nc3ccc(NC(C)=O)cc3s2)cc1OC. The number of hydrogen-bond acceptors (Lipinski definition) is 9. The molecule has 0 fully saturated rings. The van der Waals surface area contributed by atoms with Crippen LogP contribution in [-0.4, -0.2) is 49.2 Å². The van der Waals surface area contributed by atoms with E-state index in [0.29, 0.717) is 11.2 Å². The Kier molecular flexibility index (Phi) is 7.18. The number of thiazole rings is 1. The van der Waals surface area contributed by atoms with Crippen LogP contribution in [-0.2, 0) is 9.53 Å². The summed E-state index contributed by atoms with van der Waals surface area (Å²) in [6.07, 6.45) is 0. The van der Waals surface area contributed by atoms with E-state index in [9.17, 15) is 19.7 Å². The van der Waals surface area contributed by atoms with E-state index in [0.717, 1.165) is 10.8 Å². The first kappa shape index (κ1) is 22.9. The molecule has 0 saturated carbocycles. The molecule has 0 bridgehead atoms. The Morgan fingerprint density at radius 3 is 2.56 bits per heavy atom. The fourth-order valence-electron chi connectivity index (χ4n) is 2.81. The third-order valence-corrected chi connectivity index (χ3v) is 5.13. The monoisotopic (exact) mass is 460 g/mol. The highest BCUT2D eigenvalue weighted by atomic mass is 32.1. The number of benzene rings is 2. The van der Waals surface area contributed by atoms with Gasteiger partial charge in [-0.1, -0.05) is 11.3 Å². The number of aromatic nitrogens is 1. The van der Waals surface area contributed by atoms with Crippen molar-refractivity contribution >= 4 is 49.9 Å². The average molecular weight is 460 g/mol. The van der Waals surface area contributed by atoms with Crippen LogP contribution in [0.15, 0.2) is 30.3 Å². The summed E-state index contributed by atoms with van der Waals surface area (Å²) in [6, 6.07) is 7.50. The summed E-state index contributed by atoms with van der Waals surface area (Å²) in [7, 11) is 2.87.